The van der Waals surface area contributed by atoms with Crippen LogP contribution in [0, 0.1) is 0 Å². The van der Waals surface area contributed by atoms with Gasteiger partial charge >= 0.3 is 5.97 Å². The van der Waals surface area contributed by atoms with Gasteiger partial charge in [0, 0.05) is 4.90 Å². The maximum absolute atomic E-state index is 11.7. The van der Waals surface area contributed by atoms with Gasteiger partial charge in [0.25, 0.3) is 5.91 Å². The van der Waals surface area contributed by atoms with Gasteiger partial charge in [0.05, 0.1) is 5.69 Å². The number of para-hydroxylation sites is 1. The fraction of sp³-hybridized carbons (Fsp3) is 0.200. The summed E-state index contributed by atoms with van der Waals surface area (Å²) in [6, 6.07) is 7.11. The minimum Gasteiger partial charge on any atom is -0.480 e. The Kier molecular flexibility index (Phi) is 3.07. The first-order valence-corrected chi connectivity index (χ1v) is 5.84. The van der Waals surface area contributed by atoms with E-state index in [2.05, 4.69) is 0 Å². The fourth-order valence-corrected chi connectivity index (χ4v) is 2.79. The first-order valence-electron chi connectivity index (χ1n) is 4.52. The monoisotopic (exact) mass is 257 g/mol. The number of fused-ring (bicyclic) bond motifs is 1. The zero-order chi connectivity index (χ0) is 11.7. The SMILES string of the molecule is O=C(O)CN1C(=O)C(Cl)Sc2ccccc21. The topological polar surface area (TPSA) is 57.6 Å². The van der Waals surface area contributed by atoms with E-state index in [1.165, 1.54) is 16.7 Å². The number of aliphatic carboxylic acids is 1. The number of benzene rings is 1. The van der Waals surface area contributed by atoms with Crippen LogP contribution in [0.3, 0.4) is 0 Å². The molecule has 1 aliphatic heterocycles. The van der Waals surface area contributed by atoms with Crippen molar-refractivity contribution in [2.75, 3.05) is 11.4 Å². The van der Waals surface area contributed by atoms with Gasteiger partial charge in [-0.3, -0.25) is 14.5 Å². The molecule has 1 aromatic carbocycles. The van der Waals surface area contributed by atoms with Gasteiger partial charge in [0.2, 0.25) is 0 Å². The van der Waals surface area contributed by atoms with Gasteiger partial charge in [-0.1, -0.05) is 35.5 Å². The first kappa shape index (κ1) is 11.3. The summed E-state index contributed by atoms with van der Waals surface area (Å²) in [7, 11) is 0. The molecule has 1 N–H and O–H groups in total. The Morgan fingerprint density at radius 1 is 1.50 bits per heavy atom. The number of carbonyl (C=O) groups excluding carboxylic acids is 1. The molecular weight excluding hydrogens is 250 g/mol. The van der Waals surface area contributed by atoms with Crippen LogP contribution in [-0.2, 0) is 9.59 Å². The predicted octanol–water partition coefficient (Wildman–Crippen LogP) is 1.77. The molecule has 1 heterocycles. The van der Waals surface area contributed by atoms with E-state index in [0.29, 0.717) is 5.69 Å². The molecule has 1 aromatic rings. The summed E-state index contributed by atoms with van der Waals surface area (Å²) in [4.78, 5) is 24.4. The van der Waals surface area contributed by atoms with Crippen molar-refractivity contribution < 1.29 is 14.7 Å². The Morgan fingerprint density at radius 2 is 2.19 bits per heavy atom. The Hall–Kier alpha value is -1.20. The largest absolute Gasteiger partial charge is 0.480 e. The molecule has 6 heteroatoms. The highest BCUT2D eigenvalue weighted by atomic mass is 35.5. The van der Waals surface area contributed by atoms with Crippen LogP contribution in [0.2, 0.25) is 0 Å². The van der Waals surface area contributed by atoms with E-state index in [4.69, 9.17) is 16.7 Å². The van der Waals surface area contributed by atoms with Gasteiger partial charge in [-0.05, 0) is 12.1 Å². The van der Waals surface area contributed by atoms with Gasteiger partial charge in [-0.2, -0.15) is 0 Å². The number of anilines is 1. The number of hydrogen-bond donors (Lipinski definition) is 1. The van der Waals surface area contributed by atoms with Crippen molar-refractivity contribution in [1.82, 2.24) is 0 Å². The van der Waals surface area contributed by atoms with Crippen molar-refractivity contribution in [3.8, 4) is 0 Å². The van der Waals surface area contributed by atoms with Crippen molar-refractivity contribution in [1.29, 1.82) is 0 Å². The van der Waals surface area contributed by atoms with E-state index in [1.54, 1.807) is 12.1 Å². The van der Waals surface area contributed by atoms with E-state index in [-0.39, 0.29) is 12.5 Å². The van der Waals surface area contributed by atoms with E-state index in [0.717, 1.165) is 4.90 Å². The van der Waals surface area contributed by atoms with Gasteiger partial charge < -0.3 is 5.11 Å². The highest BCUT2D eigenvalue weighted by molar-refractivity contribution is 8.02. The lowest BCUT2D eigenvalue weighted by Crippen LogP contribution is -2.42. The molecule has 1 amide bonds. The zero-order valence-corrected chi connectivity index (χ0v) is 9.66. The molecular formula is C10H8ClNO3S. The highest BCUT2D eigenvalue weighted by Crippen LogP contribution is 2.40. The summed E-state index contributed by atoms with van der Waals surface area (Å²) in [5, 5.41) is 8.75. The molecule has 16 heavy (non-hydrogen) atoms. The number of hydrogen-bond acceptors (Lipinski definition) is 3. The number of amides is 1. The second-order valence-corrected chi connectivity index (χ2v) is 5.06. The summed E-state index contributed by atoms with van der Waals surface area (Å²) < 4.78 is -0.755. The van der Waals surface area contributed by atoms with Gasteiger partial charge in [0.1, 0.15) is 6.54 Å². The Bertz CT molecular complexity index is 451. The number of nitrogens with zero attached hydrogens (tertiary/aromatic N) is 1. The summed E-state index contributed by atoms with van der Waals surface area (Å²) in [6.45, 7) is -0.361. The lowest BCUT2D eigenvalue weighted by Gasteiger charge is -2.29. The van der Waals surface area contributed by atoms with Crippen LogP contribution in [0.5, 0.6) is 0 Å². The molecule has 0 radical (unpaired) electrons. The number of rotatable bonds is 2. The van der Waals surface area contributed by atoms with Gasteiger partial charge in [-0.25, -0.2) is 0 Å². The molecule has 0 bridgehead atoms. The third kappa shape index (κ3) is 2.01. The average Bonchev–Trinajstić information content (AvgIpc) is 2.24. The maximum Gasteiger partial charge on any atom is 0.323 e. The lowest BCUT2D eigenvalue weighted by atomic mass is 10.2. The van der Waals surface area contributed by atoms with E-state index < -0.39 is 10.7 Å². The number of thioether (sulfide) groups is 1. The predicted molar refractivity (Wildman–Crippen MR) is 61.9 cm³/mol. The second-order valence-electron chi connectivity index (χ2n) is 3.22. The number of carbonyl (C=O) groups is 2. The maximum atomic E-state index is 11.7. The van der Waals surface area contributed by atoms with Crippen molar-refractivity contribution in [2.24, 2.45) is 0 Å². The van der Waals surface area contributed by atoms with E-state index in [9.17, 15) is 9.59 Å². The summed E-state index contributed by atoms with van der Waals surface area (Å²) in [5.74, 6) is -1.44. The lowest BCUT2D eigenvalue weighted by molar-refractivity contribution is -0.136. The Morgan fingerprint density at radius 3 is 2.88 bits per heavy atom. The highest BCUT2D eigenvalue weighted by Gasteiger charge is 2.32. The standard InChI is InChI=1S/C10H8ClNO3S/c11-9-10(15)12(5-8(13)14)6-3-1-2-4-7(6)16-9/h1-4,9H,5H2,(H,13,14). The van der Waals surface area contributed by atoms with Crippen LogP contribution < -0.4 is 4.90 Å². The van der Waals surface area contributed by atoms with Gasteiger partial charge in [0.15, 0.2) is 4.71 Å². The molecule has 0 aromatic heterocycles. The smallest absolute Gasteiger partial charge is 0.323 e. The molecule has 4 nitrogen and oxygen atoms in total. The van der Waals surface area contributed by atoms with Crippen molar-refractivity contribution >= 4 is 40.9 Å². The molecule has 0 spiro atoms. The number of carboxylic acid groups (broad SMARTS) is 1. The second kappa shape index (κ2) is 4.35. The van der Waals surface area contributed by atoms with Crippen molar-refractivity contribution in [2.45, 2.75) is 9.60 Å². The number of alkyl halides is 1. The van der Waals surface area contributed by atoms with Crippen molar-refractivity contribution in [3.05, 3.63) is 24.3 Å². The fourth-order valence-electron chi connectivity index (χ4n) is 1.48. The van der Waals surface area contributed by atoms with Crippen LogP contribution >= 0.6 is 23.4 Å². The third-order valence-electron chi connectivity index (χ3n) is 2.14. The van der Waals surface area contributed by atoms with Crippen LogP contribution in [0.25, 0.3) is 0 Å². The molecule has 84 valence electrons. The van der Waals surface area contributed by atoms with Crippen LogP contribution in [0.4, 0.5) is 5.69 Å². The van der Waals surface area contributed by atoms with Crippen LogP contribution in [0.1, 0.15) is 0 Å². The molecule has 0 aliphatic carbocycles. The molecule has 1 unspecified atom stereocenters. The molecule has 1 atom stereocenters. The minimum atomic E-state index is -1.06. The summed E-state index contributed by atoms with van der Waals surface area (Å²) in [6.07, 6.45) is 0. The van der Waals surface area contributed by atoms with Crippen molar-refractivity contribution in [3.63, 3.8) is 0 Å². The Labute approximate surface area is 101 Å². The van der Waals surface area contributed by atoms with Crippen LogP contribution in [0.15, 0.2) is 29.2 Å². The molecule has 0 fully saturated rings. The van der Waals surface area contributed by atoms with E-state index in [1.807, 2.05) is 12.1 Å². The summed E-state index contributed by atoms with van der Waals surface area (Å²) in [5.41, 5.74) is 0.608. The molecule has 0 saturated heterocycles. The van der Waals surface area contributed by atoms with Gasteiger partial charge in [-0.15, -0.1) is 0 Å². The van der Waals surface area contributed by atoms with E-state index >= 15 is 0 Å². The number of carboxylic acids is 1. The van der Waals surface area contributed by atoms with Crippen LogP contribution in [-0.4, -0.2) is 28.2 Å². The molecule has 2 rings (SSSR count). The summed E-state index contributed by atoms with van der Waals surface area (Å²) >= 11 is 7.08. The molecule has 1 aliphatic rings. The average molecular weight is 258 g/mol. The number of halogens is 1. The normalized spacial score (nSPS) is 19.4. The minimum absolute atomic E-state index is 0.361. The Balaban J connectivity index is 2.41. The molecule has 0 saturated carbocycles. The zero-order valence-electron chi connectivity index (χ0n) is 8.09. The first-order chi connectivity index (χ1) is 7.59. The third-order valence-corrected chi connectivity index (χ3v) is 3.60. The quantitative estimate of drug-likeness (QED) is 0.821.